The molecule has 2 fully saturated rings. The van der Waals surface area contributed by atoms with Gasteiger partial charge in [-0.15, -0.1) is 0 Å². The van der Waals surface area contributed by atoms with Crippen LogP contribution in [0.25, 0.3) is 33.6 Å². The van der Waals surface area contributed by atoms with Crippen LogP contribution in [0.1, 0.15) is 86.0 Å². The summed E-state index contributed by atoms with van der Waals surface area (Å²) in [4.78, 5) is 62.5. The van der Waals surface area contributed by atoms with Gasteiger partial charge in [0.1, 0.15) is 23.7 Å². The van der Waals surface area contributed by atoms with Gasteiger partial charge < -0.3 is 34.6 Å². The van der Waals surface area contributed by atoms with Crippen molar-refractivity contribution in [1.29, 1.82) is 0 Å². The first-order chi connectivity index (χ1) is 28.3. The lowest BCUT2D eigenvalue weighted by Crippen LogP contribution is -2.48. The fourth-order valence-corrected chi connectivity index (χ4v) is 8.72. The van der Waals surface area contributed by atoms with E-state index in [1.54, 1.807) is 0 Å². The van der Waals surface area contributed by atoms with Crippen molar-refractivity contribution in [2.45, 2.75) is 75.7 Å². The van der Waals surface area contributed by atoms with Crippen molar-refractivity contribution in [2.75, 3.05) is 40.9 Å². The molecule has 2 saturated heterocycles. The van der Waals surface area contributed by atoms with E-state index in [1.165, 1.54) is 7.11 Å². The topological polar surface area (TPSA) is 149 Å². The molecular weight excluding hydrogens is 733 g/mol. The van der Waals surface area contributed by atoms with Crippen molar-refractivity contribution in [3.8, 4) is 33.6 Å². The molecule has 0 radical (unpaired) electrons. The number of likely N-dealkylation sites (tertiary alicyclic amines) is 1. The van der Waals surface area contributed by atoms with Gasteiger partial charge in [0.05, 0.1) is 49.1 Å². The fourth-order valence-electron chi connectivity index (χ4n) is 8.72. The summed E-state index contributed by atoms with van der Waals surface area (Å²) >= 11 is 0. The number of ether oxygens (including phenoxy) is 2. The molecule has 3 aliphatic rings. The Hall–Kier alpha value is -5.79. The minimum absolute atomic E-state index is 0.0941. The Kier molecular flexibility index (Phi) is 11.7. The van der Waals surface area contributed by atoms with Gasteiger partial charge in [-0.3, -0.25) is 14.5 Å². The van der Waals surface area contributed by atoms with Crippen molar-refractivity contribution in [3.05, 3.63) is 108 Å². The smallest absolute Gasteiger partial charge is 0.407 e. The van der Waals surface area contributed by atoms with Crippen LogP contribution < -0.4 is 5.32 Å². The van der Waals surface area contributed by atoms with Crippen LogP contribution >= 0.6 is 0 Å². The number of hydrogen-bond acceptors (Lipinski definition) is 8. The monoisotopic (exact) mass is 784 g/mol. The molecule has 2 aromatic heterocycles. The number of nitrogens with one attached hydrogen (secondary N) is 3. The first kappa shape index (κ1) is 39.1. The highest BCUT2D eigenvalue weighted by molar-refractivity contribution is 5.86. The SMILES string of the molecule is COC(=O)N[C@H]1CCCCOCc2[nH]c(nc2-c2ccc(-c3ccc(-c4cnc([C@@H]5CCCN5C(=O)C(c5ccccc5)N(C)C)[nH]4)cc3)cc2)[C@@H]2CCCN2C1=O. The maximum Gasteiger partial charge on any atom is 0.407 e. The normalized spacial score (nSPS) is 20.6. The number of aromatic amines is 2. The number of hydrogen-bond donors (Lipinski definition) is 3. The average molecular weight is 785 g/mol. The van der Waals surface area contributed by atoms with E-state index in [1.807, 2.05) is 65.3 Å². The maximum atomic E-state index is 13.9. The van der Waals surface area contributed by atoms with E-state index in [0.29, 0.717) is 32.7 Å². The Morgan fingerprint density at radius 1 is 0.828 bits per heavy atom. The van der Waals surface area contributed by atoms with Crippen molar-refractivity contribution >= 4 is 17.9 Å². The molecule has 3 aliphatic heterocycles. The number of alkyl carbamates (subject to hydrolysis) is 1. The zero-order valence-electron chi connectivity index (χ0n) is 33.4. The van der Waals surface area contributed by atoms with Gasteiger partial charge in [-0.25, -0.2) is 14.8 Å². The molecule has 13 heteroatoms. The molecule has 0 spiro atoms. The Labute approximate surface area is 339 Å². The highest BCUT2D eigenvalue weighted by atomic mass is 16.5. The fraction of sp³-hybridized carbons (Fsp3) is 0.400. The number of benzene rings is 3. The number of nitrogens with zero attached hydrogens (tertiary/aromatic N) is 5. The third kappa shape index (κ3) is 8.14. The van der Waals surface area contributed by atoms with Crippen LogP contribution in [0.15, 0.2) is 85.1 Å². The lowest BCUT2D eigenvalue weighted by Gasteiger charge is -2.31. The average Bonchev–Trinajstić information content (AvgIpc) is 4.08. The molecule has 302 valence electrons. The third-order valence-corrected chi connectivity index (χ3v) is 11.7. The molecule has 5 aromatic rings. The summed E-state index contributed by atoms with van der Waals surface area (Å²) < 4.78 is 10.9. The largest absolute Gasteiger partial charge is 0.453 e. The van der Waals surface area contributed by atoms with E-state index < -0.39 is 12.1 Å². The number of carbonyl (C=O) groups excluding carboxylic acids is 3. The first-order valence-corrected chi connectivity index (χ1v) is 20.4. The summed E-state index contributed by atoms with van der Waals surface area (Å²) in [5.74, 6) is 1.53. The van der Waals surface area contributed by atoms with Gasteiger partial charge in [0.15, 0.2) is 0 Å². The minimum Gasteiger partial charge on any atom is -0.453 e. The number of fused-ring (bicyclic) bond motifs is 4. The van der Waals surface area contributed by atoms with Gasteiger partial charge in [-0.1, -0.05) is 78.9 Å². The van der Waals surface area contributed by atoms with Crippen molar-refractivity contribution < 1.29 is 23.9 Å². The van der Waals surface area contributed by atoms with Crippen molar-refractivity contribution in [1.82, 2.24) is 40.0 Å². The summed E-state index contributed by atoms with van der Waals surface area (Å²) in [7, 11) is 5.21. The molecule has 2 bridgehead atoms. The number of H-pyrrole nitrogens is 2. The third-order valence-electron chi connectivity index (χ3n) is 11.7. The lowest BCUT2D eigenvalue weighted by molar-refractivity contribution is -0.137. The van der Waals surface area contributed by atoms with Crippen molar-refractivity contribution in [3.63, 3.8) is 0 Å². The molecule has 1 unspecified atom stereocenters. The number of amides is 3. The summed E-state index contributed by atoms with van der Waals surface area (Å²) in [5, 5.41) is 2.75. The standard InChI is InChI=1S/C45H52N8O5/c1-51(2)40(33-11-5-4-6-12-33)44(55)53-25-9-14-37(53)41-46-27-35(47-41)31-20-16-29(17-21-31)30-18-22-32(23-19-30)39-36-28-58-26-8-7-13-34(49-45(56)57-3)43(54)52-24-10-15-38(52)42(48-36)50-39/h4-6,11-12,16-23,27,34,37-38,40H,7-10,13-15,24-26,28H2,1-3H3,(H,46,47)(H,48,50)(H,49,56)/t34-,37-,38-,40?/m0/s1. The molecule has 3 N–H and O–H groups in total. The van der Waals surface area contributed by atoms with Crippen LogP contribution in [0.3, 0.4) is 0 Å². The van der Waals surface area contributed by atoms with Gasteiger partial charge in [0.25, 0.3) is 0 Å². The Morgan fingerprint density at radius 2 is 1.52 bits per heavy atom. The summed E-state index contributed by atoms with van der Waals surface area (Å²) in [6.45, 7) is 2.22. The molecule has 0 saturated carbocycles. The molecule has 13 nitrogen and oxygen atoms in total. The molecule has 58 heavy (non-hydrogen) atoms. The maximum absolute atomic E-state index is 13.9. The second-order valence-corrected chi connectivity index (χ2v) is 15.7. The summed E-state index contributed by atoms with van der Waals surface area (Å²) in [6, 6.07) is 25.4. The predicted octanol–water partition coefficient (Wildman–Crippen LogP) is 7.19. The molecule has 5 heterocycles. The van der Waals surface area contributed by atoms with E-state index >= 15 is 0 Å². The van der Waals surface area contributed by atoms with E-state index in [2.05, 4.69) is 63.8 Å². The number of carbonyl (C=O) groups is 3. The van der Waals surface area contributed by atoms with Crippen LogP contribution in [0.5, 0.6) is 0 Å². The van der Waals surface area contributed by atoms with E-state index in [-0.39, 0.29) is 29.9 Å². The second kappa shape index (κ2) is 17.4. The number of rotatable bonds is 8. The molecule has 3 amide bonds. The number of likely N-dealkylation sites (N-methyl/N-ethyl adjacent to an activating group) is 1. The molecular formula is C45H52N8O5. The molecule has 3 aromatic carbocycles. The number of methoxy groups -OCH3 is 1. The summed E-state index contributed by atoms with van der Waals surface area (Å²) in [6.07, 6.45) is 6.70. The molecule has 4 atom stereocenters. The summed E-state index contributed by atoms with van der Waals surface area (Å²) in [5.41, 5.74) is 7.72. The minimum atomic E-state index is -0.664. The zero-order chi connectivity index (χ0) is 40.2. The number of aromatic nitrogens is 4. The van der Waals surface area contributed by atoms with Gasteiger partial charge in [0, 0.05) is 25.3 Å². The van der Waals surface area contributed by atoms with Gasteiger partial charge in [0.2, 0.25) is 11.8 Å². The van der Waals surface area contributed by atoms with Gasteiger partial charge >= 0.3 is 6.09 Å². The second-order valence-electron chi connectivity index (χ2n) is 15.7. The van der Waals surface area contributed by atoms with Crippen molar-refractivity contribution in [2.24, 2.45) is 0 Å². The quantitative estimate of drug-likeness (QED) is 0.150. The predicted molar refractivity (Wildman–Crippen MR) is 220 cm³/mol. The Morgan fingerprint density at radius 3 is 2.24 bits per heavy atom. The van der Waals surface area contributed by atoms with E-state index in [0.717, 1.165) is 95.1 Å². The number of imidazole rings is 2. The van der Waals surface area contributed by atoms with Crippen LogP contribution in [0.2, 0.25) is 0 Å². The van der Waals surface area contributed by atoms with E-state index in [4.69, 9.17) is 19.4 Å². The highest BCUT2D eigenvalue weighted by Gasteiger charge is 2.38. The van der Waals surface area contributed by atoms with Crippen LogP contribution in [0.4, 0.5) is 4.79 Å². The first-order valence-electron chi connectivity index (χ1n) is 20.4. The lowest BCUT2D eigenvalue weighted by atomic mass is 10.0. The Bertz CT molecular complexity index is 2200. The zero-order valence-corrected chi connectivity index (χ0v) is 33.4. The molecule has 0 aliphatic carbocycles. The van der Waals surface area contributed by atoms with Crippen LogP contribution in [-0.4, -0.2) is 99.5 Å². The van der Waals surface area contributed by atoms with Crippen LogP contribution in [0, 0.1) is 0 Å². The van der Waals surface area contributed by atoms with Gasteiger partial charge in [-0.2, -0.15) is 0 Å². The molecule has 8 rings (SSSR count). The van der Waals surface area contributed by atoms with Gasteiger partial charge in [-0.05, 0) is 81.3 Å². The van der Waals surface area contributed by atoms with Crippen LogP contribution in [-0.2, 0) is 25.7 Å². The highest BCUT2D eigenvalue weighted by Crippen LogP contribution is 2.37. The van der Waals surface area contributed by atoms with E-state index in [9.17, 15) is 14.4 Å². The Balaban J connectivity index is 0.972.